The SMILES string of the molecule is NC1=N[C@@](c2ccncc2)(c2cccc(Br)c2)c2ccccc21. The first-order valence-corrected chi connectivity index (χ1v) is 8.13. The van der Waals surface area contributed by atoms with E-state index in [0.29, 0.717) is 5.84 Å². The second kappa shape index (κ2) is 5.32. The third-order valence-corrected chi connectivity index (χ3v) is 4.71. The van der Waals surface area contributed by atoms with Crippen molar-refractivity contribution >= 4 is 21.8 Å². The van der Waals surface area contributed by atoms with Gasteiger partial charge >= 0.3 is 0 Å². The molecule has 0 spiro atoms. The summed E-state index contributed by atoms with van der Waals surface area (Å²) in [6.45, 7) is 0. The van der Waals surface area contributed by atoms with Crippen molar-refractivity contribution in [2.75, 3.05) is 0 Å². The molecule has 3 aromatic rings. The van der Waals surface area contributed by atoms with Gasteiger partial charge in [0, 0.05) is 22.4 Å². The van der Waals surface area contributed by atoms with Crippen molar-refractivity contribution in [1.82, 2.24) is 4.98 Å². The smallest absolute Gasteiger partial charge is 0.139 e. The number of hydrogen-bond donors (Lipinski definition) is 1. The standard InChI is InChI=1S/C19H14BrN3/c20-15-5-3-4-14(12-15)19(13-8-10-22-11-9-13)17-7-2-1-6-16(17)18(21)23-19/h1-12H,(H2,21,23)/t19-/m0/s1. The summed E-state index contributed by atoms with van der Waals surface area (Å²) < 4.78 is 1.02. The summed E-state index contributed by atoms with van der Waals surface area (Å²) in [7, 11) is 0. The van der Waals surface area contributed by atoms with E-state index in [-0.39, 0.29) is 0 Å². The van der Waals surface area contributed by atoms with Crippen molar-refractivity contribution in [1.29, 1.82) is 0 Å². The predicted molar refractivity (Wildman–Crippen MR) is 95.4 cm³/mol. The largest absolute Gasteiger partial charge is 0.383 e. The fourth-order valence-electron chi connectivity index (χ4n) is 3.24. The summed E-state index contributed by atoms with van der Waals surface area (Å²) in [5.74, 6) is 0.567. The molecule has 1 aliphatic rings. The minimum atomic E-state index is -0.632. The number of nitrogens with zero attached hydrogens (tertiary/aromatic N) is 2. The minimum absolute atomic E-state index is 0.567. The van der Waals surface area contributed by atoms with Crippen LogP contribution >= 0.6 is 15.9 Å². The number of benzene rings is 2. The van der Waals surface area contributed by atoms with E-state index in [0.717, 1.165) is 26.7 Å². The highest BCUT2D eigenvalue weighted by molar-refractivity contribution is 9.10. The van der Waals surface area contributed by atoms with Gasteiger partial charge in [0.05, 0.1) is 0 Å². The monoisotopic (exact) mass is 363 g/mol. The van der Waals surface area contributed by atoms with E-state index < -0.39 is 5.54 Å². The fourth-order valence-corrected chi connectivity index (χ4v) is 3.64. The van der Waals surface area contributed by atoms with Gasteiger partial charge in [0.25, 0.3) is 0 Å². The van der Waals surface area contributed by atoms with Gasteiger partial charge in [-0.2, -0.15) is 0 Å². The van der Waals surface area contributed by atoms with E-state index in [2.05, 4.69) is 39.1 Å². The third-order valence-electron chi connectivity index (χ3n) is 4.22. The Hall–Kier alpha value is -2.46. The topological polar surface area (TPSA) is 51.3 Å². The number of hydrogen-bond acceptors (Lipinski definition) is 3. The molecule has 0 radical (unpaired) electrons. The maximum Gasteiger partial charge on any atom is 0.139 e. The molecule has 1 aromatic heterocycles. The highest BCUT2D eigenvalue weighted by Gasteiger charge is 2.42. The summed E-state index contributed by atoms with van der Waals surface area (Å²) in [6.07, 6.45) is 3.59. The molecular weight excluding hydrogens is 350 g/mol. The molecule has 0 fully saturated rings. The Bertz CT molecular complexity index is 905. The molecule has 0 saturated carbocycles. The molecule has 1 atom stereocenters. The molecule has 0 unspecified atom stereocenters. The molecule has 2 N–H and O–H groups in total. The summed E-state index contributed by atoms with van der Waals surface area (Å²) >= 11 is 3.57. The number of rotatable bonds is 2. The number of aromatic nitrogens is 1. The molecule has 3 nitrogen and oxygen atoms in total. The van der Waals surface area contributed by atoms with Gasteiger partial charge in [0.15, 0.2) is 0 Å². The van der Waals surface area contributed by atoms with Crippen molar-refractivity contribution in [3.63, 3.8) is 0 Å². The Morgan fingerprint density at radius 3 is 2.43 bits per heavy atom. The van der Waals surface area contributed by atoms with Gasteiger partial charge in [-0.15, -0.1) is 0 Å². The van der Waals surface area contributed by atoms with Crippen LogP contribution in [0.2, 0.25) is 0 Å². The summed E-state index contributed by atoms with van der Waals surface area (Å²) in [5, 5.41) is 0. The van der Waals surface area contributed by atoms with Crippen molar-refractivity contribution in [2.24, 2.45) is 10.7 Å². The summed E-state index contributed by atoms with van der Waals surface area (Å²) in [6, 6.07) is 20.4. The van der Waals surface area contributed by atoms with Crippen LogP contribution in [0.3, 0.4) is 0 Å². The molecule has 0 amide bonds. The first kappa shape index (κ1) is 14.2. The van der Waals surface area contributed by atoms with Gasteiger partial charge < -0.3 is 5.73 Å². The first-order chi connectivity index (χ1) is 11.2. The highest BCUT2D eigenvalue weighted by Crippen LogP contribution is 2.45. The molecule has 1 aliphatic heterocycles. The normalized spacial score (nSPS) is 19.3. The quantitative estimate of drug-likeness (QED) is 0.751. The maximum absolute atomic E-state index is 6.26. The number of amidine groups is 1. The Morgan fingerprint density at radius 2 is 1.65 bits per heavy atom. The lowest BCUT2D eigenvalue weighted by Crippen LogP contribution is -2.25. The molecule has 4 rings (SSSR count). The molecular formula is C19H14BrN3. The van der Waals surface area contributed by atoms with Crippen LogP contribution in [0.1, 0.15) is 22.3 Å². The molecule has 112 valence electrons. The van der Waals surface area contributed by atoms with Crippen LogP contribution in [0.15, 0.2) is 82.5 Å². The van der Waals surface area contributed by atoms with Crippen molar-refractivity contribution in [2.45, 2.75) is 5.54 Å². The lowest BCUT2D eigenvalue weighted by Gasteiger charge is -2.29. The maximum atomic E-state index is 6.26. The lowest BCUT2D eigenvalue weighted by molar-refractivity contribution is 0.670. The van der Waals surface area contributed by atoms with Crippen LogP contribution in [-0.2, 0) is 5.54 Å². The zero-order chi connectivity index (χ0) is 15.9. The number of aliphatic imine (C=N–C) groups is 1. The van der Waals surface area contributed by atoms with Crippen LogP contribution in [-0.4, -0.2) is 10.8 Å². The first-order valence-electron chi connectivity index (χ1n) is 7.33. The van der Waals surface area contributed by atoms with Gasteiger partial charge in [0.2, 0.25) is 0 Å². The van der Waals surface area contributed by atoms with Crippen LogP contribution in [0.5, 0.6) is 0 Å². The third kappa shape index (κ3) is 2.10. The molecule has 2 heterocycles. The van der Waals surface area contributed by atoms with Gasteiger partial charge in [-0.3, -0.25) is 4.98 Å². The van der Waals surface area contributed by atoms with Crippen molar-refractivity contribution in [3.8, 4) is 0 Å². The van der Waals surface area contributed by atoms with Gasteiger partial charge in [-0.25, -0.2) is 4.99 Å². The predicted octanol–water partition coefficient (Wildman–Crippen LogP) is 3.85. The Balaban J connectivity index is 2.09. The zero-order valence-corrected chi connectivity index (χ0v) is 13.9. The lowest BCUT2D eigenvalue weighted by atomic mass is 9.78. The van der Waals surface area contributed by atoms with Gasteiger partial charge in [-0.1, -0.05) is 52.3 Å². The Labute approximate surface area is 143 Å². The van der Waals surface area contributed by atoms with E-state index in [9.17, 15) is 0 Å². The number of nitrogens with two attached hydrogens (primary N) is 1. The molecule has 23 heavy (non-hydrogen) atoms. The second-order valence-electron chi connectivity index (χ2n) is 5.50. The van der Waals surface area contributed by atoms with Crippen LogP contribution in [0.25, 0.3) is 0 Å². The van der Waals surface area contributed by atoms with Crippen LogP contribution in [0.4, 0.5) is 0 Å². The summed E-state index contributed by atoms with van der Waals surface area (Å²) in [4.78, 5) is 9.06. The minimum Gasteiger partial charge on any atom is -0.383 e. The van der Waals surface area contributed by atoms with Crippen LogP contribution in [0, 0.1) is 0 Å². The van der Waals surface area contributed by atoms with Crippen LogP contribution < -0.4 is 5.73 Å². The Morgan fingerprint density at radius 1 is 0.870 bits per heavy atom. The molecule has 2 aromatic carbocycles. The highest BCUT2D eigenvalue weighted by atomic mass is 79.9. The number of fused-ring (bicyclic) bond motifs is 1. The Kier molecular flexibility index (Phi) is 3.27. The summed E-state index contributed by atoms with van der Waals surface area (Å²) in [5.41, 5.74) is 9.84. The molecule has 4 heteroatoms. The van der Waals surface area contributed by atoms with E-state index in [1.807, 2.05) is 42.5 Å². The number of pyridine rings is 1. The molecule has 0 bridgehead atoms. The molecule has 0 saturated heterocycles. The van der Waals surface area contributed by atoms with Crippen molar-refractivity contribution < 1.29 is 0 Å². The average Bonchev–Trinajstić information content (AvgIpc) is 2.90. The average molecular weight is 364 g/mol. The fraction of sp³-hybridized carbons (Fsp3) is 0.0526. The van der Waals surface area contributed by atoms with E-state index in [1.165, 1.54) is 0 Å². The molecule has 0 aliphatic carbocycles. The second-order valence-corrected chi connectivity index (χ2v) is 6.41. The zero-order valence-electron chi connectivity index (χ0n) is 12.3. The number of halogens is 1. The van der Waals surface area contributed by atoms with Gasteiger partial charge in [0.1, 0.15) is 11.4 Å². The van der Waals surface area contributed by atoms with Crippen molar-refractivity contribution in [3.05, 3.63) is 99.8 Å². The van der Waals surface area contributed by atoms with E-state index in [4.69, 9.17) is 10.7 Å². The van der Waals surface area contributed by atoms with E-state index >= 15 is 0 Å². The van der Waals surface area contributed by atoms with Gasteiger partial charge in [-0.05, 0) is 41.0 Å². The van der Waals surface area contributed by atoms with E-state index in [1.54, 1.807) is 12.4 Å².